The van der Waals surface area contributed by atoms with Crippen LogP contribution < -0.4 is 10.6 Å². The maximum Gasteiger partial charge on any atom is 0.416 e. The molecule has 2 aliphatic heterocycles. The van der Waals surface area contributed by atoms with E-state index in [1.165, 1.54) is 0 Å². The van der Waals surface area contributed by atoms with Gasteiger partial charge in [-0.15, -0.1) is 0 Å². The maximum absolute atomic E-state index is 13.7. The fraction of sp³-hybridized carbons (Fsp3) is 0.290. The molecule has 5 rings (SSSR count). The van der Waals surface area contributed by atoms with E-state index in [2.05, 4.69) is 37.3 Å². The monoisotopic (exact) mass is 561 g/mol. The van der Waals surface area contributed by atoms with Crippen LogP contribution >= 0.6 is 0 Å². The Labute approximate surface area is 236 Å². The first-order valence-electron chi connectivity index (χ1n) is 13.2. The summed E-state index contributed by atoms with van der Waals surface area (Å²) < 4.78 is 41.1. The predicted molar refractivity (Wildman–Crippen MR) is 152 cm³/mol. The number of amides is 1. The molecule has 41 heavy (non-hydrogen) atoms. The van der Waals surface area contributed by atoms with Gasteiger partial charge in [0.05, 0.1) is 5.56 Å². The Morgan fingerprint density at radius 1 is 1.12 bits per heavy atom. The Kier molecular flexibility index (Phi) is 8.13. The first kappa shape index (κ1) is 28.4. The minimum atomic E-state index is -4.54. The lowest BCUT2D eigenvalue weighted by molar-refractivity contribution is -0.137. The van der Waals surface area contributed by atoms with Crippen LogP contribution in [0.2, 0.25) is 0 Å². The van der Waals surface area contributed by atoms with Gasteiger partial charge in [0.2, 0.25) is 0 Å². The molecule has 1 saturated heterocycles. The normalized spacial score (nSPS) is 17.3. The van der Waals surface area contributed by atoms with Crippen LogP contribution in [-0.2, 0) is 12.7 Å². The van der Waals surface area contributed by atoms with Crippen LogP contribution in [-0.4, -0.2) is 65.3 Å². The first-order chi connectivity index (χ1) is 19.5. The van der Waals surface area contributed by atoms with E-state index in [0.717, 1.165) is 49.4 Å². The third-order valence-electron chi connectivity index (χ3n) is 7.08. The van der Waals surface area contributed by atoms with E-state index < -0.39 is 23.9 Å². The number of carbonyl (C=O) groups is 1. The highest BCUT2D eigenvalue weighted by atomic mass is 19.4. The smallest absolute Gasteiger partial charge is 0.370 e. The minimum absolute atomic E-state index is 0.0917. The Morgan fingerprint density at radius 2 is 1.90 bits per heavy atom. The highest BCUT2D eigenvalue weighted by Crippen LogP contribution is 2.32. The van der Waals surface area contributed by atoms with Crippen molar-refractivity contribution in [2.24, 2.45) is 0 Å². The lowest BCUT2D eigenvalue weighted by Gasteiger charge is -2.32. The average Bonchev–Trinajstić information content (AvgIpc) is 2.93. The number of nitrogens with zero attached hydrogens (tertiary/aromatic N) is 3. The van der Waals surface area contributed by atoms with Gasteiger partial charge in [-0.25, -0.2) is 4.98 Å². The van der Waals surface area contributed by atoms with Crippen molar-refractivity contribution in [2.45, 2.75) is 25.9 Å². The standard InChI is InChI=1S/C31H30F3N5O2/c1-20-3-5-25(16-23(20)6-4-21-13-24-7-8-28(40)37-29(24)35-18-21)30(41)36-27-15-22(14-26(17-27)31(32,33)34)19-39-11-9-38(2)10-12-39/h3,5,7-8,13-18,28,40H,9-12,19H2,1-2H3,(H,35,37)(H,36,41). The number of fused-ring (bicyclic) bond motifs is 1. The number of aromatic nitrogens is 1. The number of nitrogens with one attached hydrogen (secondary N) is 2. The summed E-state index contributed by atoms with van der Waals surface area (Å²) in [5.41, 5.74) is 2.97. The second kappa shape index (κ2) is 11.7. The zero-order valence-electron chi connectivity index (χ0n) is 22.7. The Morgan fingerprint density at radius 3 is 2.66 bits per heavy atom. The number of hydrogen-bond acceptors (Lipinski definition) is 6. The summed E-state index contributed by atoms with van der Waals surface area (Å²) >= 11 is 0. The summed E-state index contributed by atoms with van der Waals surface area (Å²) in [7, 11) is 2.02. The molecule has 1 amide bonds. The van der Waals surface area contributed by atoms with Crippen molar-refractivity contribution in [2.75, 3.05) is 43.9 Å². The number of alkyl halides is 3. The molecule has 1 fully saturated rings. The second-order valence-corrected chi connectivity index (χ2v) is 10.3. The summed E-state index contributed by atoms with van der Waals surface area (Å²) in [6.07, 6.45) is -0.378. The molecule has 3 aromatic rings. The predicted octanol–water partition coefficient (Wildman–Crippen LogP) is 4.57. The van der Waals surface area contributed by atoms with Gasteiger partial charge in [0.25, 0.3) is 5.91 Å². The Balaban J connectivity index is 1.35. The molecule has 0 spiro atoms. The molecule has 3 N–H and O–H groups in total. The number of carbonyl (C=O) groups excluding carboxylic acids is 1. The molecule has 1 unspecified atom stereocenters. The van der Waals surface area contributed by atoms with E-state index in [0.29, 0.717) is 29.1 Å². The summed E-state index contributed by atoms with van der Waals surface area (Å²) in [5.74, 6) is 6.15. The first-order valence-corrected chi connectivity index (χ1v) is 13.2. The molecule has 0 radical (unpaired) electrons. The molecule has 3 heterocycles. The van der Waals surface area contributed by atoms with Gasteiger partial charge in [-0.1, -0.05) is 24.0 Å². The molecular weight excluding hydrogens is 531 g/mol. The third kappa shape index (κ3) is 7.13. The average molecular weight is 562 g/mol. The van der Waals surface area contributed by atoms with E-state index in [1.807, 2.05) is 20.0 Å². The van der Waals surface area contributed by atoms with Crippen LogP contribution in [0.25, 0.3) is 6.08 Å². The maximum atomic E-state index is 13.7. The van der Waals surface area contributed by atoms with Crippen LogP contribution in [0.4, 0.5) is 24.7 Å². The van der Waals surface area contributed by atoms with Crippen LogP contribution in [0.5, 0.6) is 0 Å². The van der Waals surface area contributed by atoms with Crippen molar-refractivity contribution in [1.29, 1.82) is 0 Å². The number of aliphatic hydroxyl groups excluding tert-OH is 1. The zero-order valence-corrected chi connectivity index (χ0v) is 22.7. The van der Waals surface area contributed by atoms with Crippen molar-refractivity contribution in [3.05, 3.63) is 93.7 Å². The number of pyridine rings is 1. The van der Waals surface area contributed by atoms with Gasteiger partial charge in [-0.05, 0) is 67.6 Å². The minimum Gasteiger partial charge on any atom is -0.370 e. The van der Waals surface area contributed by atoms with E-state index in [9.17, 15) is 23.1 Å². The van der Waals surface area contributed by atoms with Crippen LogP contribution in [0.3, 0.4) is 0 Å². The second-order valence-electron chi connectivity index (χ2n) is 10.3. The van der Waals surface area contributed by atoms with Gasteiger partial charge in [0.1, 0.15) is 12.0 Å². The molecular formula is C31H30F3N5O2. The molecule has 2 aliphatic rings. The molecule has 1 atom stereocenters. The molecule has 0 aliphatic carbocycles. The molecule has 1 aromatic heterocycles. The largest absolute Gasteiger partial charge is 0.416 e. The number of benzene rings is 2. The van der Waals surface area contributed by atoms with Crippen LogP contribution in [0.15, 0.2) is 54.7 Å². The van der Waals surface area contributed by atoms with Crippen LogP contribution in [0.1, 0.15) is 43.7 Å². The number of piperazine rings is 1. The zero-order chi connectivity index (χ0) is 29.1. The van der Waals surface area contributed by atoms with Crippen molar-refractivity contribution < 1.29 is 23.1 Å². The number of hydrogen-bond donors (Lipinski definition) is 3. The summed E-state index contributed by atoms with van der Waals surface area (Å²) in [4.78, 5) is 21.7. The van der Waals surface area contributed by atoms with Gasteiger partial charge >= 0.3 is 6.18 Å². The van der Waals surface area contributed by atoms with Gasteiger partial charge in [0, 0.05) is 66.9 Å². The fourth-order valence-corrected chi connectivity index (χ4v) is 4.70. The Bertz CT molecular complexity index is 1550. The van der Waals surface area contributed by atoms with Gasteiger partial charge in [-0.3, -0.25) is 9.69 Å². The third-order valence-corrected chi connectivity index (χ3v) is 7.08. The highest BCUT2D eigenvalue weighted by Gasteiger charge is 2.31. The number of aliphatic hydroxyl groups is 1. The highest BCUT2D eigenvalue weighted by molar-refractivity contribution is 6.04. The Hall–Kier alpha value is -4.17. The van der Waals surface area contributed by atoms with Gasteiger partial charge < -0.3 is 20.6 Å². The van der Waals surface area contributed by atoms with E-state index >= 15 is 0 Å². The number of halogens is 3. The van der Waals surface area contributed by atoms with Crippen molar-refractivity contribution >= 4 is 23.5 Å². The van der Waals surface area contributed by atoms with Gasteiger partial charge in [-0.2, -0.15) is 13.2 Å². The number of anilines is 2. The molecule has 10 heteroatoms. The summed E-state index contributed by atoms with van der Waals surface area (Å²) in [6, 6.07) is 10.6. The van der Waals surface area contributed by atoms with E-state index in [1.54, 1.807) is 42.6 Å². The lowest BCUT2D eigenvalue weighted by atomic mass is 10.0. The van der Waals surface area contributed by atoms with Crippen molar-refractivity contribution in [1.82, 2.24) is 14.8 Å². The number of aryl methyl sites for hydroxylation is 1. The molecule has 7 nitrogen and oxygen atoms in total. The molecule has 2 aromatic carbocycles. The molecule has 0 bridgehead atoms. The number of likely N-dealkylation sites (N-methyl/N-ethyl adjacent to an activating group) is 1. The topological polar surface area (TPSA) is 80.7 Å². The van der Waals surface area contributed by atoms with Crippen LogP contribution in [0, 0.1) is 18.8 Å². The van der Waals surface area contributed by atoms with Gasteiger partial charge in [0.15, 0.2) is 0 Å². The molecule has 0 saturated carbocycles. The van der Waals surface area contributed by atoms with E-state index in [-0.39, 0.29) is 11.3 Å². The van der Waals surface area contributed by atoms with Crippen molar-refractivity contribution in [3.8, 4) is 11.8 Å². The molecule has 212 valence electrons. The summed E-state index contributed by atoms with van der Waals surface area (Å²) in [5, 5.41) is 15.2. The summed E-state index contributed by atoms with van der Waals surface area (Å²) in [6.45, 7) is 5.46. The SMILES string of the molecule is Cc1ccc(C(=O)Nc2cc(CN3CCN(C)CC3)cc(C(F)(F)F)c2)cc1C#Cc1cnc2c(c1)C=CC(O)N2. The van der Waals surface area contributed by atoms with E-state index in [4.69, 9.17) is 0 Å². The number of rotatable bonds is 4. The lowest BCUT2D eigenvalue weighted by Crippen LogP contribution is -2.43. The van der Waals surface area contributed by atoms with Crippen molar-refractivity contribution in [3.63, 3.8) is 0 Å². The quantitative estimate of drug-likeness (QED) is 0.405. The fourth-order valence-electron chi connectivity index (χ4n) is 4.70.